The number of fused-ring (bicyclic) bond motifs is 2. The van der Waals surface area contributed by atoms with Gasteiger partial charge in [-0.2, -0.15) is 13.2 Å². The van der Waals surface area contributed by atoms with Crippen LogP contribution in [0.4, 0.5) is 30.2 Å². The molecule has 0 radical (unpaired) electrons. The van der Waals surface area contributed by atoms with E-state index in [1.807, 2.05) is 24.3 Å². The van der Waals surface area contributed by atoms with Gasteiger partial charge in [-0.1, -0.05) is 12.1 Å². The lowest BCUT2D eigenvalue weighted by Crippen LogP contribution is -2.07. The van der Waals surface area contributed by atoms with Crippen molar-refractivity contribution in [3.63, 3.8) is 0 Å². The normalized spacial score (nSPS) is 13.6. The van der Waals surface area contributed by atoms with Crippen molar-refractivity contribution >= 4 is 17.1 Å². The summed E-state index contributed by atoms with van der Waals surface area (Å²) in [5.41, 5.74) is 2.42. The van der Waals surface area contributed by atoms with Crippen molar-refractivity contribution in [3.8, 4) is 0 Å². The second kappa shape index (κ2) is 4.19. The maximum absolute atomic E-state index is 12.7. The summed E-state index contributed by atoms with van der Waals surface area (Å²) in [5, 5.41) is 6.28. The molecule has 2 aromatic rings. The SMILES string of the molecule is FC(F)(F)c1ccc2c(c1)CNc1ccccc1N2. The van der Waals surface area contributed by atoms with Crippen LogP contribution in [0.25, 0.3) is 0 Å². The quantitative estimate of drug-likeness (QED) is 0.738. The highest BCUT2D eigenvalue weighted by atomic mass is 19.4. The number of nitrogens with one attached hydrogen (secondary N) is 2. The van der Waals surface area contributed by atoms with Crippen LogP contribution in [0.1, 0.15) is 11.1 Å². The van der Waals surface area contributed by atoms with Crippen LogP contribution in [0.2, 0.25) is 0 Å². The Morgan fingerprint density at radius 1 is 0.895 bits per heavy atom. The summed E-state index contributed by atoms with van der Waals surface area (Å²) in [6.45, 7) is 0.364. The Kier molecular flexibility index (Phi) is 2.62. The molecule has 0 unspecified atom stereocenters. The van der Waals surface area contributed by atoms with Gasteiger partial charge in [-0.3, -0.25) is 0 Å². The molecule has 1 heterocycles. The molecule has 1 aliphatic heterocycles. The van der Waals surface area contributed by atoms with E-state index < -0.39 is 11.7 Å². The number of anilines is 3. The van der Waals surface area contributed by atoms with E-state index in [4.69, 9.17) is 0 Å². The Balaban J connectivity index is 2.02. The lowest BCUT2D eigenvalue weighted by Gasteiger charge is -2.12. The van der Waals surface area contributed by atoms with Crippen molar-refractivity contribution in [2.75, 3.05) is 10.6 Å². The summed E-state index contributed by atoms with van der Waals surface area (Å²) in [6.07, 6.45) is -4.31. The number of hydrogen-bond donors (Lipinski definition) is 2. The third-order valence-corrected chi connectivity index (χ3v) is 3.10. The smallest absolute Gasteiger partial charge is 0.379 e. The van der Waals surface area contributed by atoms with Crippen molar-refractivity contribution in [3.05, 3.63) is 53.6 Å². The Hall–Kier alpha value is -2.17. The molecule has 3 rings (SSSR count). The molecule has 0 saturated carbocycles. The molecule has 0 bridgehead atoms. The second-order valence-corrected chi connectivity index (χ2v) is 4.39. The predicted octanol–water partition coefficient (Wildman–Crippen LogP) is 4.37. The van der Waals surface area contributed by atoms with Crippen molar-refractivity contribution in [1.82, 2.24) is 0 Å². The maximum atomic E-state index is 12.7. The van der Waals surface area contributed by atoms with Crippen molar-refractivity contribution in [2.45, 2.75) is 12.7 Å². The molecule has 0 amide bonds. The second-order valence-electron chi connectivity index (χ2n) is 4.39. The first-order valence-electron chi connectivity index (χ1n) is 5.84. The first kappa shape index (κ1) is 11.9. The Morgan fingerprint density at radius 2 is 1.63 bits per heavy atom. The van der Waals surface area contributed by atoms with Crippen LogP contribution >= 0.6 is 0 Å². The van der Waals surface area contributed by atoms with E-state index >= 15 is 0 Å². The topological polar surface area (TPSA) is 24.1 Å². The standard InChI is InChI=1S/C14H11F3N2/c15-14(16,17)10-5-6-11-9(7-10)8-18-12-3-1-2-4-13(12)19-11/h1-7,18-19H,8H2. The molecule has 5 heteroatoms. The molecule has 0 aromatic heterocycles. The lowest BCUT2D eigenvalue weighted by molar-refractivity contribution is -0.137. The fourth-order valence-electron chi connectivity index (χ4n) is 2.12. The van der Waals surface area contributed by atoms with Crippen LogP contribution in [-0.2, 0) is 12.7 Å². The van der Waals surface area contributed by atoms with E-state index in [9.17, 15) is 13.2 Å². The first-order chi connectivity index (χ1) is 9.04. The molecular weight excluding hydrogens is 253 g/mol. The molecule has 2 nitrogen and oxygen atoms in total. The van der Waals surface area contributed by atoms with E-state index in [1.165, 1.54) is 12.1 Å². The van der Waals surface area contributed by atoms with Crippen molar-refractivity contribution in [1.29, 1.82) is 0 Å². The van der Waals surface area contributed by atoms with E-state index in [0.717, 1.165) is 17.4 Å². The van der Waals surface area contributed by atoms with Gasteiger partial charge in [0.05, 0.1) is 16.9 Å². The van der Waals surface area contributed by atoms with Crippen molar-refractivity contribution in [2.24, 2.45) is 0 Å². The molecule has 19 heavy (non-hydrogen) atoms. The van der Waals surface area contributed by atoms with Gasteiger partial charge >= 0.3 is 6.18 Å². The zero-order valence-corrected chi connectivity index (χ0v) is 9.88. The van der Waals surface area contributed by atoms with Crippen LogP contribution in [0.3, 0.4) is 0 Å². The van der Waals surface area contributed by atoms with E-state index in [0.29, 0.717) is 17.8 Å². The van der Waals surface area contributed by atoms with Gasteiger partial charge in [0.25, 0.3) is 0 Å². The minimum Gasteiger partial charge on any atom is -0.379 e. The molecule has 2 aromatic carbocycles. The first-order valence-corrected chi connectivity index (χ1v) is 5.84. The Bertz CT molecular complexity index is 620. The highest BCUT2D eigenvalue weighted by Gasteiger charge is 2.31. The Morgan fingerprint density at radius 3 is 2.37 bits per heavy atom. The number of halogens is 3. The Labute approximate surface area is 108 Å². The number of hydrogen-bond acceptors (Lipinski definition) is 2. The molecule has 2 N–H and O–H groups in total. The average molecular weight is 264 g/mol. The third kappa shape index (κ3) is 2.23. The van der Waals surface area contributed by atoms with E-state index in [-0.39, 0.29) is 0 Å². The summed E-state index contributed by atoms with van der Waals surface area (Å²) in [6, 6.07) is 11.3. The van der Waals surface area contributed by atoms with E-state index in [1.54, 1.807) is 0 Å². The van der Waals surface area contributed by atoms with Gasteiger partial charge in [0, 0.05) is 12.2 Å². The largest absolute Gasteiger partial charge is 0.416 e. The lowest BCUT2D eigenvalue weighted by atomic mass is 10.1. The van der Waals surface area contributed by atoms with Crippen LogP contribution in [0, 0.1) is 0 Å². The van der Waals surface area contributed by atoms with E-state index in [2.05, 4.69) is 10.6 Å². The average Bonchev–Trinajstić information content (AvgIpc) is 2.55. The monoisotopic (exact) mass is 264 g/mol. The minimum atomic E-state index is -4.31. The van der Waals surface area contributed by atoms with Gasteiger partial charge in [-0.15, -0.1) is 0 Å². The fourth-order valence-corrected chi connectivity index (χ4v) is 2.12. The molecule has 0 atom stereocenters. The fraction of sp³-hybridized carbons (Fsp3) is 0.143. The number of alkyl halides is 3. The van der Waals surface area contributed by atoms with Gasteiger partial charge in [-0.05, 0) is 35.9 Å². The van der Waals surface area contributed by atoms with Gasteiger partial charge < -0.3 is 10.6 Å². The molecule has 1 aliphatic rings. The van der Waals surface area contributed by atoms with Crippen LogP contribution in [-0.4, -0.2) is 0 Å². The van der Waals surface area contributed by atoms with Gasteiger partial charge in [0.2, 0.25) is 0 Å². The maximum Gasteiger partial charge on any atom is 0.416 e. The summed E-state index contributed by atoms with van der Waals surface area (Å²) < 4.78 is 38.0. The molecule has 0 aliphatic carbocycles. The minimum absolute atomic E-state index is 0.364. The zero-order valence-electron chi connectivity index (χ0n) is 9.88. The summed E-state index contributed by atoms with van der Waals surface area (Å²) in [5.74, 6) is 0. The van der Waals surface area contributed by atoms with Gasteiger partial charge in [-0.25, -0.2) is 0 Å². The number of para-hydroxylation sites is 2. The molecular formula is C14H11F3N2. The summed E-state index contributed by atoms with van der Waals surface area (Å²) >= 11 is 0. The number of benzene rings is 2. The molecule has 0 spiro atoms. The van der Waals surface area contributed by atoms with Crippen LogP contribution < -0.4 is 10.6 Å². The summed E-state index contributed by atoms with van der Waals surface area (Å²) in [4.78, 5) is 0. The third-order valence-electron chi connectivity index (χ3n) is 3.10. The van der Waals surface area contributed by atoms with Crippen molar-refractivity contribution < 1.29 is 13.2 Å². The number of rotatable bonds is 0. The predicted molar refractivity (Wildman–Crippen MR) is 68.5 cm³/mol. The zero-order chi connectivity index (χ0) is 13.5. The molecule has 0 saturated heterocycles. The molecule has 0 fully saturated rings. The van der Waals surface area contributed by atoms with Gasteiger partial charge in [0.15, 0.2) is 0 Å². The summed E-state index contributed by atoms with van der Waals surface area (Å²) in [7, 11) is 0. The van der Waals surface area contributed by atoms with Gasteiger partial charge in [0.1, 0.15) is 0 Å². The van der Waals surface area contributed by atoms with Crippen LogP contribution in [0.5, 0.6) is 0 Å². The molecule has 98 valence electrons. The highest BCUT2D eigenvalue weighted by molar-refractivity contribution is 5.78. The highest BCUT2D eigenvalue weighted by Crippen LogP contribution is 2.36. The van der Waals surface area contributed by atoms with Crippen LogP contribution in [0.15, 0.2) is 42.5 Å².